The summed E-state index contributed by atoms with van der Waals surface area (Å²) in [6.45, 7) is 3.96. The first kappa shape index (κ1) is 18.6. The van der Waals surface area contributed by atoms with E-state index in [0.29, 0.717) is 16.5 Å². The second-order valence-corrected chi connectivity index (χ2v) is 6.99. The number of rotatable bonds is 4. The first-order chi connectivity index (χ1) is 13.0. The van der Waals surface area contributed by atoms with E-state index in [1.54, 1.807) is 7.05 Å². The Kier molecular flexibility index (Phi) is 5.52. The van der Waals surface area contributed by atoms with Gasteiger partial charge in [0.2, 0.25) is 0 Å². The van der Waals surface area contributed by atoms with Crippen LogP contribution in [-0.4, -0.2) is 24.8 Å². The quantitative estimate of drug-likeness (QED) is 0.514. The van der Waals surface area contributed by atoms with Crippen LogP contribution < -0.4 is 5.69 Å². The van der Waals surface area contributed by atoms with Gasteiger partial charge in [-0.2, -0.15) is 14.6 Å². The molecule has 3 aromatic rings. The van der Waals surface area contributed by atoms with E-state index in [-0.39, 0.29) is 5.69 Å². The highest BCUT2D eigenvalue weighted by Crippen LogP contribution is 2.24. The van der Waals surface area contributed by atoms with E-state index in [4.69, 9.17) is 0 Å². The van der Waals surface area contributed by atoms with Crippen molar-refractivity contribution in [1.29, 1.82) is 5.26 Å². The largest absolute Gasteiger partial charge is 0.368 e. The monoisotopic (exact) mass is 378 g/mol. The Morgan fingerprint density at radius 2 is 1.93 bits per heavy atom. The van der Waals surface area contributed by atoms with Gasteiger partial charge in [-0.15, -0.1) is 0 Å². The second-order valence-electron chi connectivity index (χ2n) is 6.02. The molecule has 0 aliphatic heterocycles. The molecule has 3 rings (SSSR count). The summed E-state index contributed by atoms with van der Waals surface area (Å²) in [5.74, 6) is 0.489. The molecule has 0 amide bonds. The average Bonchev–Trinajstić information content (AvgIpc) is 3.00. The molecule has 0 radical (unpaired) electrons. The fourth-order valence-corrected chi connectivity index (χ4v) is 3.40. The molecule has 0 atom stereocenters. The van der Waals surface area contributed by atoms with Crippen molar-refractivity contribution in [3.63, 3.8) is 0 Å². The molecule has 0 saturated heterocycles. The van der Waals surface area contributed by atoms with Crippen LogP contribution in [0.1, 0.15) is 16.7 Å². The van der Waals surface area contributed by atoms with Crippen molar-refractivity contribution in [1.82, 2.24) is 19.8 Å². The van der Waals surface area contributed by atoms with Crippen molar-refractivity contribution < 1.29 is 0 Å². The number of hydrogen-bond acceptors (Lipinski definition) is 6. The third-order valence-electron chi connectivity index (χ3n) is 4.05. The molecular weight excluding hydrogens is 360 g/mol. The summed E-state index contributed by atoms with van der Waals surface area (Å²) in [5.41, 5.74) is 4.13. The molecule has 1 heterocycles. The number of hydrogen-bond donors (Lipinski definition) is 0. The summed E-state index contributed by atoms with van der Waals surface area (Å²) in [5, 5.41) is 17.5. The lowest BCUT2D eigenvalue weighted by Crippen LogP contribution is -2.23. The number of aliphatic imine (C=N–C) groups is 1. The third kappa shape index (κ3) is 4.15. The SMILES string of the molecule is Cc1ccc(/N=C(/C#N)SCc2c(C)cccc2-n2nnn(C)c2=O)cc1. The maximum atomic E-state index is 12.2. The molecular formula is C19H18N6OS. The van der Waals surface area contributed by atoms with Gasteiger partial charge in [-0.05, 0) is 53.6 Å². The topological polar surface area (TPSA) is 88.9 Å². The van der Waals surface area contributed by atoms with Crippen LogP contribution in [0.2, 0.25) is 0 Å². The number of nitrogens with zero attached hydrogens (tertiary/aromatic N) is 6. The number of thioether (sulfide) groups is 1. The van der Waals surface area contributed by atoms with Crippen LogP contribution in [0.15, 0.2) is 52.3 Å². The van der Waals surface area contributed by atoms with Crippen molar-refractivity contribution in [3.8, 4) is 11.8 Å². The third-order valence-corrected chi connectivity index (χ3v) is 4.94. The van der Waals surface area contributed by atoms with Crippen LogP contribution >= 0.6 is 11.8 Å². The van der Waals surface area contributed by atoms with Gasteiger partial charge in [-0.1, -0.05) is 41.6 Å². The van der Waals surface area contributed by atoms with Gasteiger partial charge in [0.1, 0.15) is 6.07 Å². The zero-order chi connectivity index (χ0) is 19.4. The lowest BCUT2D eigenvalue weighted by Gasteiger charge is -2.10. The first-order valence-corrected chi connectivity index (χ1v) is 9.24. The van der Waals surface area contributed by atoms with E-state index in [0.717, 1.165) is 22.4 Å². The molecule has 27 heavy (non-hydrogen) atoms. The number of aromatic nitrogens is 4. The zero-order valence-electron chi connectivity index (χ0n) is 15.2. The number of aryl methyl sites for hydroxylation is 3. The van der Waals surface area contributed by atoms with Gasteiger partial charge in [-0.25, -0.2) is 9.79 Å². The van der Waals surface area contributed by atoms with E-state index in [1.807, 2.05) is 56.3 Å². The lowest BCUT2D eigenvalue weighted by molar-refractivity contribution is 0.692. The van der Waals surface area contributed by atoms with Gasteiger partial charge in [0.25, 0.3) is 0 Å². The molecule has 0 bridgehead atoms. The molecule has 0 aliphatic rings. The summed E-state index contributed by atoms with van der Waals surface area (Å²) in [4.78, 5) is 16.6. The molecule has 0 N–H and O–H groups in total. The van der Waals surface area contributed by atoms with E-state index in [9.17, 15) is 10.1 Å². The fraction of sp³-hybridized carbons (Fsp3) is 0.211. The molecule has 8 heteroatoms. The molecule has 2 aromatic carbocycles. The fourth-order valence-electron chi connectivity index (χ4n) is 2.50. The Morgan fingerprint density at radius 1 is 1.19 bits per heavy atom. The number of tetrazole rings is 1. The van der Waals surface area contributed by atoms with Crippen LogP contribution in [0, 0.1) is 25.2 Å². The predicted octanol–water partition coefficient (Wildman–Crippen LogP) is 3.07. The van der Waals surface area contributed by atoms with Gasteiger partial charge in [0, 0.05) is 12.8 Å². The Hall–Kier alpha value is -3.18. The average molecular weight is 378 g/mol. The van der Waals surface area contributed by atoms with Gasteiger partial charge >= 0.3 is 5.69 Å². The number of benzene rings is 2. The molecule has 1 aromatic heterocycles. The highest BCUT2D eigenvalue weighted by Gasteiger charge is 2.14. The molecule has 0 spiro atoms. The smallest absolute Gasteiger partial charge is 0.244 e. The Balaban J connectivity index is 1.89. The van der Waals surface area contributed by atoms with Crippen LogP contribution in [0.3, 0.4) is 0 Å². The second kappa shape index (κ2) is 8.01. The molecule has 0 unspecified atom stereocenters. The normalized spacial score (nSPS) is 11.4. The van der Waals surface area contributed by atoms with E-state index < -0.39 is 0 Å². The van der Waals surface area contributed by atoms with Crippen LogP contribution in [-0.2, 0) is 12.8 Å². The molecule has 0 aliphatic carbocycles. The molecule has 136 valence electrons. The first-order valence-electron chi connectivity index (χ1n) is 8.25. The minimum atomic E-state index is -0.319. The molecule has 0 fully saturated rings. The van der Waals surface area contributed by atoms with Crippen molar-refractivity contribution in [2.45, 2.75) is 19.6 Å². The summed E-state index contributed by atoms with van der Waals surface area (Å²) in [7, 11) is 1.55. The Morgan fingerprint density at radius 3 is 2.56 bits per heavy atom. The summed E-state index contributed by atoms with van der Waals surface area (Å²) in [6.07, 6.45) is 0. The van der Waals surface area contributed by atoms with Gasteiger partial charge in [-0.3, -0.25) is 0 Å². The summed E-state index contributed by atoms with van der Waals surface area (Å²) >= 11 is 1.33. The maximum Gasteiger partial charge on any atom is 0.368 e. The highest BCUT2D eigenvalue weighted by molar-refractivity contribution is 8.13. The van der Waals surface area contributed by atoms with Crippen molar-refractivity contribution in [2.24, 2.45) is 12.0 Å². The zero-order valence-corrected chi connectivity index (χ0v) is 16.1. The summed E-state index contributed by atoms with van der Waals surface area (Å²) in [6, 6.07) is 15.5. The van der Waals surface area contributed by atoms with Crippen molar-refractivity contribution >= 4 is 22.5 Å². The molecule has 7 nitrogen and oxygen atoms in total. The van der Waals surface area contributed by atoms with Crippen LogP contribution in [0.25, 0.3) is 5.69 Å². The standard InChI is InChI=1S/C19H18N6OS/c1-13-7-9-15(10-8-13)21-18(11-20)27-12-16-14(2)5-4-6-17(16)25-19(26)24(3)22-23-25/h4-10H,12H2,1-3H3/b21-18-. The minimum Gasteiger partial charge on any atom is -0.244 e. The predicted molar refractivity (Wildman–Crippen MR) is 107 cm³/mol. The van der Waals surface area contributed by atoms with E-state index >= 15 is 0 Å². The van der Waals surface area contributed by atoms with E-state index in [2.05, 4.69) is 21.5 Å². The Bertz CT molecular complexity index is 1090. The number of nitriles is 1. The van der Waals surface area contributed by atoms with Crippen LogP contribution in [0.5, 0.6) is 0 Å². The van der Waals surface area contributed by atoms with Crippen molar-refractivity contribution in [3.05, 3.63) is 69.6 Å². The van der Waals surface area contributed by atoms with Gasteiger partial charge in [0.15, 0.2) is 5.04 Å². The van der Waals surface area contributed by atoms with Crippen LogP contribution in [0.4, 0.5) is 5.69 Å². The molecule has 0 saturated carbocycles. The lowest BCUT2D eigenvalue weighted by atomic mass is 10.1. The van der Waals surface area contributed by atoms with Crippen molar-refractivity contribution in [2.75, 3.05) is 0 Å². The Labute approximate surface area is 161 Å². The van der Waals surface area contributed by atoms with Gasteiger partial charge < -0.3 is 0 Å². The highest BCUT2D eigenvalue weighted by atomic mass is 32.2. The van der Waals surface area contributed by atoms with Gasteiger partial charge in [0.05, 0.1) is 11.4 Å². The minimum absolute atomic E-state index is 0.319. The van der Waals surface area contributed by atoms with E-state index in [1.165, 1.54) is 21.1 Å². The summed E-state index contributed by atoms with van der Waals surface area (Å²) < 4.78 is 2.45. The maximum absolute atomic E-state index is 12.2.